The monoisotopic (exact) mass is 364 g/mol. The highest BCUT2D eigenvalue weighted by atomic mass is 32.2. The number of hydrogen-bond donors (Lipinski definition) is 1. The van der Waals surface area contributed by atoms with Crippen molar-refractivity contribution in [1.29, 1.82) is 0 Å². The third kappa shape index (κ3) is 4.81. The van der Waals surface area contributed by atoms with Crippen LogP contribution >= 0.6 is 0 Å². The maximum atomic E-state index is 11.3. The van der Waals surface area contributed by atoms with Gasteiger partial charge in [0.05, 0.1) is 25.1 Å². The van der Waals surface area contributed by atoms with Crippen molar-refractivity contribution in [2.45, 2.75) is 25.6 Å². The molecule has 0 fully saturated rings. The highest BCUT2D eigenvalue weighted by Gasteiger charge is 2.25. The van der Waals surface area contributed by atoms with Crippen molar-refractivity contribution in [1.82, 2.24) is 19.4 Å². The fraction of sp³-hybridized carbons (Fsp3) is 0.471. The van der Waals surface area contributed by atoms with E-state index in [-0.39, 0.29) is 6.04 Å². The minimum Gasteiger partial charge on any atom is -0.497 e. The molecule has 0 saturated carbocycles. The van der Waals surface area contributed by atoms with Crippen LogP contribution in [0.25, 0.3) is 0 Å². The van der Waals surface area contributed by atoms with Crippen molar-refractivity contribution in [3.63, 3.8) is 0 Å². The maximum absolute atomic E-state index is 11.3. The fourth-order valence-corrected chi connectivity index (χ4v) is 3.69. The van der Waals surface area contributed by atoms with Crippen molar-refractivity contribution < 1.29 is 13.2 Å². The molecule has 1 atom stereocenters. The maximum Gasteiger partial charge on any atom is 0.208 e. The Hall–Kier alpha value is -1.90. The van der Waals surface area contributed by atoms with Crippen LogP contribution in [-0.4, -0.2) is 49.6 Å². The molecule has 1 aliphatic rings. The Morgan fingerprint density at radius 1 is 1.28 bits per heavy atom. The Labute approximate surface area is 148 Å². The first kappa shape index (κ1) is 17.9. The zero-order valence-electron chi connectivity index (χ0n) is 14.6. The lowest BCUT2D eigenvalue weighted by Gasteiger charge is -2.34. The minimum absolute atomic E-state index is 0.159. The van der Waals surface area contributed by atoms with Gasteiger partial charge >= 0.3 is 0 Å². The molecule has 0 aliphatic carbocycles. The summed E-state index contributed by atoms with van der Waals surface area (Å²) in [7, 11) is -1.50. The first-order valence-electron chi connectivity index (χ1n) is 8.27. The van der Waals surface area contributed by atoms with E-state index >= 15 is 0 Å². The topological polar surface area (TPSA) is 76.5 Å². The lowest BCUT2D eigenvalue weighted by Crippen LogP contribution is -2.38. The number of nitrogens with one attached hydrogen (secondary N) is 1. The molecule has 0 saturated heterocycles. The molecule has 1 aromatic heterocycles. The number of rotatable bonds is 7. The summed E-state index contributed by atoms with van der Waals surface area (Å²) in [6.45, 7) is 2.93. The molecule has 3 rings (SSSR count). The van der Waals surface area contributed by atoms with Gasteiger partial charge in [-0.1, -0.05) is 12.1 Å². The molecule has 1 N–H and O–H groups in total. The molecule has 1 aromatic carbocycles. The fourth-order valence-electron chi connectivity index (χ4n) is 3.20. The molecule has 8 heteroatoms. The van der Waals surface area contributed by atoms with Gasteiger partial charge in [-0.05, 0) is 30.2 Å². The predicted octanol–water partition coefficient (Wildman–Crippen LogP) is 1.39. The minimum atomic E-state index is -3.16. The zero-order chi connectivity index (χ0) is 17.9. The average molecular weight is 364 g/mol. The number of sulfonamides is 1. The lowest BCUT2D eigenvalue weighted by molar-refractivity contribution is 0.162. The number of hydrogen-bond acceptors (Lipinski definition) is 5. The Balaban J connectivity index is 1.66. The first-order valence-corrected chi connectivity index (χ1v) is 10.2. The van der Waals surface area contributed by atoms with Gasteiger partial charge in [-0.25, -0.2) is 13.1 Å². The van der Waals surface area contributed by atoms with Gasteiger partial charge in [-0.15, -0.1) is 0 Å². The lowest BCUT2D eigenvalue weighted by atomic mass is 10.1. The molecule has 2 heterocycles. The quantitative estimate of drug-likeness (QED) is 0.803. The van der Waals surface area contributed by atoms with Gasteiger partial charge in [0, 0.05) is 32.4 Å². The Kier molecular flexibility index (Phi) is 5.41. The number of aromatic nitrogens is 2. The van der Waals surface area contributed by atoms with Crippen molar-refractivity contribution in [3.8, 4) is 5.75 Å². The van der Waals surface area contributed by atoms with Gasteiger partial charge in [0.1, 0.15) is 5.75 Å². The number of benzene rings is 1. The number of nitrogens with zero attached hydrogens (tertiary/aromatic N) is 3. The predicted molar refractivity (Wildman–Crippen MR) is 95.8 cm³/mol. The molecule has 136 valence electrons. The van der Waals surface area contributed by atoms with Crippen LogP contribution in [0.5, 0.6) is 5.75 Å². The molecular weight excluding hydrogens is 340 g/mol. The molecule has 0 bridgehead atoms. The van der Waals surface area contributed by atoms with E-state index in [2.05, 4.69) is 26.9 Å². The van der Waals surface area contributed by atoms with Crippen molar-refractivity contribution >= 4 is 10.0 Å². The molecule has 0 radical (unpaired) electrons. The molecule has 0 spiro atoms. The van der Waals surface area contributed by atoms with E-state index in [1.165, 1.54) is 11.8 Å². The summed E-state index contributed by atoms with van der Waals surface area (Å²) in [5.41, 5.74) is 2.38. The van der Waals surface area contributed by atoms with Crippen molar-refractivity contribution in [3.05, 3.63) is 47.8 Å². The van der Waals surface area contributed by atoms with Crippen molar-refractivity contribution in [2.24, 2.45) is 0 Å². The van der Waals surface area contributed by atoms with Crippen LogP contribution in [0, 0.1) is 0 Å². The Morgan fingerprint density at radius 2 is 2.04 bits per heavy atom. The van der Waals surface area contributed by atoms with Gasteiger partial charge in [0.15, 0.2) is 0 Å². The number of ether oxygens (including phenoxy) is 1. The summed E-state index contributed by atoms with van der Waals surface area (Å²) in [4.78, 5) is 2.37. The van der Waals surface area contributed by atoms with E-state index in [1.54, 1.807) is 7.11 Å². The third-order valence-corrected chi connectivity index (χ3v) is 5.09. The van der Waals surface area contributed by atoms with E-state index in [0.29, 0.717) is 13.0 Å². The largest absolute Gasteiger partial charge is 0.497 e. The van der Waals surface area contributed by atoms with Crippen molar-refractivity contribution in [2.75, 3.05) is 26.5 Å². The van der Waals surface area contributed by atoms with Crippen LogP contribution < -0.4 is 9.46 Å². The molecule has 2 aromatic rings. The van der Waals surface area contributed by atoms with Crippen LogP contribution in [0.3, 0.4) is 0 Å². The number of methoxy groups -OCH3 is 1. The highest BCUT2D eigenvalue weighted by molar-refractivity contribution is 7.88. The molecule has 25 heavy (non-hydrogen) atoms. The van der Waals surface area contributed by atoms with Gasteiger partial charge in [0.25, 0.3) is 0 Å². The second-order valence-corrected chi connectivity index (χ2v) is 8.23. The first-order chi connectivity index (χ1) is 11.9. The molecular formula is C17H24N4O3S. The summed E-state index contributed by atoms with van der Waals surface area (Å²) in [6, 6.07) is 10.3. The average Bonchev–Trinajstić information content (AvgIpc) is 3.03. The zero-order valence-corrected chi connectivity index (χ0v) is 15.4. The van der Waals surface area contributed by atoms with E-state index < -0.39 is 10.0 Å². The summed E-state index contributed by atoms with van der Waals surface area (Å²) < 4.78 is 32.3. The SMILES string of the molecule is COc1ccc(CN2Cc3ccnn3[C@H](CCNS(C)(=O)=O)C2)cc1. The Bertz CT molecular complexity index is 802. The van der Waals surface area contributed by atoms with Gasteiger partial charge in [0.2, 0.25) is 10.0 Å². The summed E-state index contributed by atoms with van der Waals surface area (Å²) in [6.07, 6.45) is 3.70. The van der Waals surface area contributed by atoms with Crippen LogP contribution in [-0.2, 0) is 23.1 Å². The van der Waals surface area contributed by atoms with Crippen LogP contribution in [0.1, 0.15) is 23.7 Å². The van der Waals surface area contributed by atoms with Gasteiger partial charge in [-0.3, -0.25) is 9.58 Å². The second-order valence-electron chi connectivity index (χ2n) is 6.39. The second kappa shape index (κ2) is 7.55. The Morgan fingerprint density at radius 3 is 2.72 bits per heavy atom. The number of fused-ring (bicyclic) bond motifs is 1. The summed E-state index contributed by atoms with van der Waals surface area (Å²) in [5.74, 6) is 0.852. The van der Waals surface area contributed by atoms with Crippen LogP contribution in [0.4, 0.5) is 0 Å². The van der Waals surface area contributed by atoms with E-state index in [9.17, 15) is 8.42 Å². The smallest absolute Gasteiger partial charge is 0.208 e. The third-order valence-electron chi connectivity index (χ3n) is 4.36. The molecule has 7 nitrogen and oxygen atoms in total. The van der Waals surface area contributed by atoms with E-state index in [1.807, 2.05) is 29.1 Å². The molecule has 0 unspecified atom stereocenters. The van der Waals surface area contributed by atoms with Crippen LogP contribution in [0.15, 0.2) is 36.5 Å². The normalized spacial score (nSPS) is 18.1. The van der Waals surface area contributed by atoms with Gasteiger partial charge < -0.3 is 4.74 Å². The van der Waals surface area contributed by atoms with Gasteiger partial charge in [-0.2, -0.15) is 5.10 Å². The standard InChI is InChI=1S/C17H24N4O3S/c1-24-17-5-3-14(4-6-17)11-20-12-15-7-9-18-21(15)16(13-20)8-10-19-25(2,22)23/h3-7,9,16,19H,8,10-13H2,1-2H3/t16-/m1/s1. The summed E-state index contributed by atoms with van der Waals surface area (Å²) in [5, 5.41) is 4.41. The highest BCUT2D eigenvalue weighted by Crippen LogP contribution is 2.24. The summed E-state index contributed by atoms with van der Waals surface area (Å²) >= 11 is 0. The van der Waals surface area contributed by atoms with E-state index in [4.69, 9.17) is 4.74 Å². The molecule has 1 aliphatic heterocycles. The molecule has 0 amide bonds. The van der Waals surface area contributed by atoms with Crippen LogP contribution in [0.2, 0.25) is 0 Å². The van der Waals surface area contributed by atoms with E-state index in [0.717, 1.165) is 31.1 Å².